The number of benzene rings is 2. The molecule has 0 atom stereocenters. The maximum Gasteiger partial charge on any atom is 0.573 e. The fourth-order valence-corrected chi connectivity index (χ4v) is 2.13. The van der Waals surface area contributed by atoms with Crippen molar-refractivity contribution in [1.29, 1.82) is 0 Å². The SMILES string of the molecule is CCCc1ccc(C=NN=Cc2cc(F)c(OC(F)(F)F)c(F)c2)cc1. The quantitative estimate of drug-likeness (QED) is 0.388. The molecule has 0 aliphatic rings. The Labute approximate surface area is 146 Å². The van der Waals surface area contributed by atoms with E-state index in [1.807, 2.05) is 24.3 Å². The number of halogens is 5. The summed E-state index contributed by atoms with van der Waals surface area (Å²) in [5.74, 6) is -4.48. The van der Waals surface area contributed by atoms with Gasteiger partial charge in [-0.2, -0.15) is 10.2 Å². The van der Waals surface area contributed by atoms with Gasteiger partial charge in [-0.3, -0.25) is 0 Å². The molecule has 8 heteroatoms. The van der Waals surface area contributed by atoms with E-state index in [4.69, 9.17) is 0 Å². The van der Waals surface area contributed by atoms with Crippen molar-refractivity contribution in [3.05, 3.63) is 64.7 Å². The van der Waals surface area contributed by atoms with Gasteiger partial charge >= 0.3 is 6.36 Å². The molecule has 0 fully saturated rings. The van der Waals surface area contributed by atoms with Gasteiger partial charge in [-0.1, -0.05) is 37.6 Å². The highest BCUT2D eigenvalue weighted by atomic mass is 19.4. The van der Waals surface area contributed by atoms with Crippen LogP contribution in [0.25, 0.3) is 0 Å². The molecule has 0 amide bonds. The van der Waals surface area contributed by atoms with Crippen molar-refractivity contribution in [2.24, 2.45) is 10.2 Å². The molecule has 0 heterocycles. The lowest BCUT2D eigenvalue weighted by Crippen LogP contribution is -2.19. The highest BCUT2D eigenvalue weighted by Gasteiger charge is 2.34. The van der Waals surface area contributed by atoms with Crippen LogP contribution in [0.15, 0.2) is 46.6 Å². The molecule has 2 aromatic rings. The number of ether oxygens (including phenoxy) is 1. The summed E-state index contributed by atoms with van der Waals surface area (Å²) in [7, 11) is 0. The Morgan fingerprint density at radius 2 is 1.46 bits per heavy atom. The van der Waals surface area contributed by atoms with Gasteiger partial charge in [0.15, 0.2) is 11.6 Å². The summed E-state index contributed by atoms with van der Waals surface area (Å²) in [5.41, 5.74) is 1.89. The van der Waals surface area contributed by atoms with E-state index in [9.17, 15) is 22.0 Å². The van der Waals surface area contributed by atoms with E-state index in [1.54, 1.807) is 0 Å². The fraction of sp³-hybridized carbons (Fsp3) is 0.222. The number of hydrogen-bond donors (Lipinski definition) is 0. The third-order valence-electron chi connectivity index (χ3n) is 3.24. The van der Waals surface area contributed by atoms with Gasteiger partial charge in [0.1, 0.15) is 0 Å². The Hall–Kier alpha value is -2.77. The second-order valence-corrected chi connectivity index (χ2v) is 5.34. The summed E-state index contributed by atoms with van der Waals surface area (Å²) in [4.78, 5) is 0. The average Bonchev–Trinajstić information content (AvgIpc) is 2.56. The van der Waals surface area contributed by atoms with Crippen molar-refractivity contribution < 1.29 is 26.7 Å². The van der Waals surface area contributed by atoms with Crippen LogP contribution < -0.4 is 4.74 Å². The lowest BCUT2D eigenvalue weighted by molar-refractivity contribution is -0.276. The van der Waals surface area contributed by atoms with Crippen molar-refractivity contribution in [2.75, 3.05) is 0 Å². The zero-order valence-corrected chi connectivity index (χ0v) is 13.7. The molecule has 2 rings (SSSR count). The van der Waals surface area contributed by atoms with Gasteiger partial charge in [0.2, 0.25) is 5.75 Å². The fourth-order valence-electron chi connectivity index (χ4n) is 2.13. The summed E-state index contributed by atoms with van der Waals surface area (Å²) in [6.45, 7) is 2.08. The number of nitrogens with zero attached hydrogens (tertiary/aromatic N) is 2. The molecule has 0 aliphatic carbocycles. The lowest BCUT2D eigenvalue weighted by Gasteiger charge is -2.10. The minimum atomic E-state index is -5.19. The smallest absolute Gasteiger partial charge is 0.399 e. The Bertz CT molecular complexity index is 775. The van der Waals surface area contributed by atoms with Crippen LogP contribution >= 0.6 is 0 Å². The molecule has 2 aromatic carbocycles. The predicted molar refractivity (Wildman–Crippen MR) is 88.7 cm³/mol. The van der Waals surface area contributed by atoms with Crippen molar-refractivity contribution in [1.82, 2.24) is 0 Å². The second-order valence-electron chi connectivity index (χ2n) is 5.34. The first-order valence-electron chi connectivity index (χ1n) is 7.68. The first-order chi connectivity index (χ1) is 12.3. The van der Waals surface area contributed by atoms with E-state index in [2.05, 4.69) is 21.9 Å². The van der Waals surface area contributed by atoms with Gasteiger partial charge in [-0.05, 0) is 29.7 Å². The molecule has 0 aromatic heterocycles. The molecular formula is C18H15F5N2O. The van der Waals surface area contributed by atoms with Crippen LogP contribution in [-0.4, -0.2) is 18.8 Å². The molecule has 3 nitrogen and oxygen atoms in total. The summed E-state index contributed by atoms with van der Waals surface area (Å²) in [6, 6.07) is 8.96. The standard InChI is InChI=1S/C18H15F5N2O/c1-2-3-12-4-6-13(7-5-12)10-24-25-11-14-8-15(19)17(16(20)9-14)26-18(21,22)23/h4-11H,2-3H2,1H3. The Morgan fingerprint density at radius 1 is 0.923 bits per heavy atom. The Kier molecular flexibility index (Phi) is 6.43. The van der Waals surface area contributed by atoms with Crippen LogP contribution in [0.3, 0.4) is 0 Å². The normalized spacial score (nSPS) is 12.2. The summed E-state index contributed by atoms with van der Waals surface area (Å²) >= 11 is 0. The van der Waals surface area contributed by atoms with E-state index in [1.165, 1.54) is 11.8 Å². The van der Waals surface area contributed by atoms with E-state index >= 15 is 0 Å². The molecule has 0 unspecified atom stereocenters. The van der Waals surface area contributed by atoms with Crippen LogP contribution in [0.5, 0.6) is 5.75 Å². The van der Waals surface area contributed by atoms with Crippen molar-refractivity contribution in [3.8, 4) is 5.75 Å². The third kappa shape index (κ3) is 5.94. The summed E-state index contributed by atoms with van der Waals surface area (Å²) in [5, 5.41) is 7.37. The van der Waals surface area contributed by atoms with Gasteiger partial charge in [-0.15, -0.1) is 13.2 Å². The Balaban J connectivity index is 2.06. The first kappa shape index (κ1) is 19.6. The van der Waals surface area contributed by atoms with Crippen LogP contribution in [0.2, 0.25) is 0 Å². The molecule has 0 aliphatic heterocycles. The maximum absolute atomic E-state index is 13.6. The predicted octanol–water partition coefficient (Wildman–Crippen LogP) is 5.27. The van der Waals surface area contributed by atoms with Gasteiger partial charge < -0.3 is 4.74 Å². The lowest BCUT2D eigenvalue weighted by atomic mass is 10.1. The molecule has 0 bridgehead atoms. The minimum absolute atomic E-state index is 0.0926. The molecule has 0 saturated carbocycles. The number of aryl methyl sites for hydroxylation is 1. The highest BCUT2D eigenvalue weighted by Crippen LogP contribution is 2.29. The first-order valence-corrected chi connectivity index (χ1v) is 7.68. The molecule has 0 saturated heterocycles. The van der Waals surface area contributed by atoms with Gasteiger partial charge in [0.05, 0.1) is 12.4 Å². The molecule has 0 radical (unpaired) electrons. The highest BCUT2D eigenvalue weighted by molar-refractivity contribution is 5.82. The summed E-state index contributed by atoms with van der Waals surface area (Å²) < 4.78 is 66.6. The molecule has 0 spiro atoms. The number of alkyl halides is 3. The van der Waals surface area contributed by atoms with Gasteiger partial charge in [-0.25, -0.2) is 8.78 Å². The van der Waals surface area contributed by atoms with Crippen LogP contribution in [0.4, 0.5) is 22.0 Å². The van der Waals surface area contributed by atoms with E-state index in [0.717, 1.165) is 24.6 Å². The average molecular weight is 370 g/mol. The van der Waals surface area contributed by atoms with Gasteiger partial charge in [0, 0.05) is 5.56 Å². The molecule has 26 heavy (non-hydrogen) atoms. The zero-order valence-electron chi connectivity index (χ0n) is 13.7. The van der Waals surface area contributed by atoms with Crippen molar-refractivity contribution in [2.45, 2.75) is 26.1 Å². The third-order valence-corrected chi connectivity index (χ3v) is 3.24. The van der Waals surface area contributed by atoms with Gasteiger partial charge in [0.25, 0.3) is 0 Å². The van der Waals surface area contributed by atoms with Crippen molar-refractivity contribution >= 4 is 12.4 Å². The topological polar surface area (TPSA) is 34.0 Å². The van der Waals surface area contributed by atoms with Crippen LogP contribution in [-0.2, 0) is 6.42 Å². The zero-order chi connectivity index (χ0) is 19.2. The van der Waals surface area contributed by atoms with E-state index in [0.29, 0.717) is 12.1 Å². The second kappa shape index (κ2) is 8.55. The largest absolute Gasteiger partial charge is 0.573 e. The monoisotopic (exact) mass is 370 g/mol. The minimum Gasteiger partial charge on any atom is -0.399 e. The van der Waals surface area contributed by atoms with Crippen LogP contribution in [0, 0.1) is 11.6 Å². The number of rotatable bonds is 6. The molecule has 138 valence electrons. The molecular weight excluding hydrogens is 355 g/mol. The molecule has 0 N–H and O–H groups in total. The van der Waals surface area contributed by atoms with E-state index < -0.39 is 23.7 Å². The van der Waals surface area contributed by atoms with E-state index in [-0.39, 0.29) is 5.56 Å². The van der Waals surface area contributed by atoms with Crippen molar-refractivity contribution in [3.63, 3.8) is 0 Å². The Morgan fingerprint density at radius 3 is 1.96 bits per heavy atom. The maximum atomic E-state index is 13.6. The summed E-state index contributed by atoms with van der Waals surface area (Å²) in [6.07, 6.45) is -0.710. The number of hydrogen-bond acceptors (Lipinski definition) is 3. The van der Waals surface area contributed by atoms with Crippen LogP contribution in [0.1, 0.15) is 30.0 Å².